The number of nitriles is 1. The number of rotatable bonds is 13. The highest BCUT2D eigenvalue weighted by molar-refractivity contribution is 6.13. The van der Waals surface area contributed by atoms with Gasteiger partial charge in [0.25, 0.3) is 0 Å². The Morgan fingerprint density at radius 2 is 1.50 bits per heavy atom. The molecule has 0 amide bonds. The molecule has 2 unspecified atom stereocenters. The van der Waals surface area contributed by atoms with Crippen molar-refractivity contribution >= 4 is 29.5 Å². The van der Waals surface area contributed by atoms with Crippen LogP contribution >= 0.6 is 0 Å². The first-order valence-corrected chi connectivity index (χ1v) is 11.0. The number of ketones is 2. The lowest BCUT2D eigenvalue weighted by atomic mass is 9.79. The molecule has 0 aliphatic carbocycles. The number of carbonyl (C=O) groups excluding carboxylic acids is 4. The van der Waals surface area contributed by atoms with E-state index in [-0.39, 0.29) is 48.7 Å². The van der Waals surface area contributed by atoms with Gasteiger partial charge in [-0.15, -0.1) is 0 Å². The van der Waals surface area contributed by atoms with Gasteiger partial charge in [-0.3, -0.25) is 19.2 Å². The van der Waals surface area contributed by atoms with Crippen molar-refractivity contribution in [1.29, 1.82) is 5.26 Å². The minimum Gasteiger partial charge on any atom is -0.482 e. The molecule has 2 rings (SSSR count). The van der Waals surface area contributed by atoms with Gasteiger partial charge in [-0.05, 0) is 49.7 Å². The Hall–Kier alpha value is -4.52. The first-order chi connectivity index (χ1) is 17.2. The van der Waals surface area contributed by atoms with Gasteiger partial charge in [0.15, 0.2) is 18.2 Å². The SMILES string of the molecule is CCOC(=O)COc1ccc(C(=O)C(CCOC(C)=O)C(C(=O)O)C(=O)c2ccc(C#N)cc2)cc1. The molecule has 0 fully saturated rings. The molecule has 0 saturated carbocycles. The number of nitrogens with zero attached hydrogens (tertiary/aromatic N) is 1. The highest BCUT2D eigenvalue weighted by Gasteiger charge is 2.40. The number of carboxylic acid groups (broad SMARTS) is 1. The Bertz CT molecular complexity index is 1150. The molecule has 2 atom stereocenters. The molecule has 0 bridgehead atoms. The van der Waals surface area contributed by atoms with Crippen LogP contribution in [0.3, 0.4) is 0 Å². The number of Topliss-reactive ketones (excluding diaryl/α,β-unsaturated/α-hetero) is 2. The number of aliphatic carboxylic acids is 1. The van der Waals surface area contributed by atoms with Crippen LogP contribution in [0.1, 0.15) is 46.5 Å². The van der Waals surface area contributed by atoms with Crippen molar-refractivity contribution < 1.29 is 43.3 Å². The number of hydrogen-bond donors (Lipinski definition) is 1. The lowest BCUT2D eigenvalue weighted by molar-refractivity contribution is -0.145. The summed E-state index contributed by atoms with van der Waals surface area (Å²) in [6.07, 6.45) is -0.210. The molecule has 0 radical (unpaired) electrons. The average Bonchev–Trinajstić information content (AvgIpc) is 2.86. The Kier molecular flexibility index (Phi) is 10.3. The second-order valence-electron chi connectivity index (χ2n) is 7.59. The van der Waals surface area contributed by atoms with E-state index in [0.717, 1.165) is 0 Å². The molecule has 2 aromatic carbocycles. The van der Waals surface area contributed by atoms with Crippen LogP contribution in [0.25, 0.3) is 0 Å². The summed E-state index contributed by atoms with van der Waals surface area (Å²) in [7, 11) is 0. The molecule has 188 valence electrons. The van der Waals surface area contributed by atoms with Crippen molar-refractivity contribution in [2.45, 2.75) is 20.3 Å². The van der Waals surface area contributed by atoms with Crippen LogP contribution < -0.4 is 4.74 Å². The van der Waals surface area contributed by atoms with E-state index in [0.29, 0.717) is 0 Å². The maximum atomic E-state index is 13.4. The lowest BCUT2D eigenvalue weighted by Crippen LogP contribution is -2.37. The summed E-state index contributed by atoms with van der Waals surface area (Å²) < 4.78 is 15.0. The fraction of sp³-hybridized carbons (Fsp3) is 0.308. The standard InChI is InChI=1S/C26H25NO9/c1-3-34-22(29)15-36-20-10-8-18(9-11-20)24(30)21(12-13-35-16(2)28)23(26(32)33)25(31)19-6-4-17(14-27)5-7-19/h4-11,21,23H,3,12-13,15H2,1-2H3,(H,32,33). The minimum atomic E-state index is -1.76. The fourth-order valence-corrected chi connectivity index (χ4v) is 3.41. The quantitative estimate of drug-likeness (QED) is 0.249. The Labute approximate surface area is 207 Å². The smallest absolute Gasteiger partial charge is 0.344 e. The molecule has 0 spiro atoms. The third-order valence-corrected chi connectivity index (χ3v) is 5.12. The molecule has 10 nitrogen and oxygen atoms in total. The summed E-state index contributed by atoms with van der Waals surface area (Å²) in [5, 5.41) is 18.8. The van der Waals surface area contributed by atoms with Crippen LogP contribution in [0.4, 0.5) is 0 Å². The molecule has 2 aromatic rings. The zero-order chi connectivity index (χ0) is 26.7. The van der Waals surface area contributed by atoms with E-state index in [1.54, 1.807) is 6.92 Å². The van der Waals surface area contributed by atoms with Crippen LogP contribution in [0.2, 0.25) is 0 Å². The van der Waals surface area contributed by atoms with Gasteiger partial charge in [0, 0.05) is 24.0 Å². The Balaban J connectivity index is 2.31. The number of carbonyl (C=O) groups is 5. The first-order valence-electron chi connectivity index (χ1n) is 11.0. The first kappa shape index (κ1) is 27.7. The predicted molar refractivity (Wildman–Crippen MR) is 124 cm³/mol. The van der Waals surface area contributed by atoms with E-state index in [1.165, 1.54) is 55.5 Å². The van der Waals surface area contributed by atoms with Crippen LogP contribution in [0.5, 0.6) is 5.75 Å². The Morgan fingerprint density at radius 1 is 0.917 bits per heavy atom. The van der Waals surface area contributed by atoms with Crippen LogP contribution in [-0.2, 0) is 23.9 Å². The average molecular weight is 495 g/mol. The molecule has 0 aliphatic rings. The van der Waals surface area contributed by atoms with Gasteiger partial charge in [-0.2, -0.15) is 5.26 Å². The second kappa shape index (κ2) is 13.4. The number of carboxylic acids is 1. The highest BCUT2D eigenvalue weighted by atomic mass is 16.6. The molecule has 36 heavy (non-hydrogen) atoms. The summed E-state index contributed by atoms with van der Waals surface area (Å²) in [4.78, 5) is 61.3. The van der Waals surface area contributed by atoms with E-state index >= 15 is 0 Å². The molecule has 1 N–H and O–H groups in total. The van der Waals surface area contributed by atoms with Gasteiger partial charge in [-0.25, -0.2) is 4.79 Å². The zero-order valence-electron chi connectivity index (χ0n) is 19.8. The number of benzene rings is 2. The third kappa shape index (κ3) is 7.77. The molecular formula is C26H25NO9. The summed E-state index contributed by atoms with van der Waals surface area (Å²) in [6.45, 7) is 2.44. The van der Waals surface area contributed by atoms with Crippen LogP contribution in [0, 0.1) is 23.2 Å². The highest BCUT2D eigenvalue weighted by Crippen LogP contribution is 2.27. The summed E-state index contributed by atoms with van der Waals surface area (Å²) >= 11 is 0. The summed E-state index contributed by atoms with van der Waals surface area (Å²) in [5.74, 6) is -6.99. The molecular weight excluding hydrogens is 470 g/mol. The molecule has 0 heterocycles. The number of ether oxygens (including phenoxy) is 3. The minimum absolute atomic E-state index is 0.0226. The summed E-state index contributed by atoms with van der Waals surface area (Å²) in [6, 6.07) is 12.9. The summed E-state index contributed by atoms with van der Waals surface area (Å²) in [5.41, 5.74) is 0.408. The van der Waals surface area contributed by atoms with Crippen molar-refractivity contribution in [1.82, 2.24) is 0 Å². The third-order valence-electron chi connectivity index (χ3n) is 5.12. The van der Waals surface area contributed by atoms with Gasteiger partial charge in [0.2, 0.25) is 0 Å². The zero-order valence-corrected chi connectivity index (χ0v) is 19.8. The monoisotopic (exact) mass is 495 g/mol. The van der Waals surface area contributed by atoms with Crippen molar-refractivity contribution in [3.8, 4) is 11.8 Å². The normalized spacial score (nSPS) is 11.9. The van der Waals surface area contributed by atoms with Crippen molar-refractivity contribution in [2.75, 3.05) is 19.8 Å². The van der Waals surface area contributed by atoms with Crippen molar-refractivity contribution in [3.63, 3.8) is 0 Å². The van der Waals surface area contributed by atoms with Crippen LogP contribution in [0.15, 0.2) is 48.5 Å². The van der Waals surface area contributed by atoms with Gasteiger partial charge < -0.3 is 19.3 Å². The molecule has 0 aromatic heterocycles. The largest absolute Gasteiger partial charge is 0.482 e. The van der Waals surface area contributed by atoms with Crippen molar-refractivity contribution in [2.24, 2.45) is 11.8 Å². The van der Waals surface area contributed by atoms with E-state index < -0.39 is 41.3 Å². The van der Waals surface area contributed by atoms with E-state index in [4.69, 9.17) is 19.5 Å². The number of esters is 2. The maximum Gasteiger partial charge on any atom is 0.344 e. The van der Waals surface area contributed by atoms with Gasteiger partial charge in [0.1, 0.15) is 11.7 Å². The Morgan fingerprint density at radius 3 is 2.03 bits per heavy atom. The van der Waals surface area contributed by atoms with Gasteiger partial charge in [0.05, 0.1) is 24.8 Å². The van der Waals surface area contributed by atoms with E-state index in [2.05, 4.69) is 0 Å². The number of hydrogen-bond acceptors (Lipinski definition) is 9. The molecule has 10 heteroatoms. The molecule has 0 saturated heterocycles. The van der Waals surface area contributed by atoms with E-state index in [9.17, 15) is 29.1 Å². The maximum absolute atomic E-state index is 13.4. The van der Waals surface area contributed by atoms with Gasteiger partial charge in [-0.1, -0.05) is 12.1 Å². The van der Waals surface area contributed by atoms with Crippen LogP contribution in [-0.4, -0.2) is 54.4 Å². The van der Waals surface area contributed by atoms with Gasteiger partial charge >= 0.3 is 17.9 Å². The fourth-order valence-electron chi connectivity index (χ4n) is 3.41. The second-order valence-corrected chi connectivity index (χ2v) is 7.59. The lowest BCUT2D eigenvalue weighted by Gasteiger charge is -2.22. The topological polar surface area (TPSA) is 157 Å². The molecule has 0 aliphatic heterocycles. The predicted octanol–water partition coefficient (Wildman–Crippen LogP) is 2.84. The van der Waals surface area contributed by atoms with Crippen molar-refractivity contribution in [3.05, 3.63) is 65.2 Å². The van der Waals surface area contributed by atoms with E-state index in [1.807, 2.05) is 6.07 Å².